The van der Waals surface area contributed by atoms with E-state index in [0.29, 0.717) is 31.0 Å². The Hall–Kier alpha value is -1.82. The zero-order chi connectivity index (χ0) is 16.8. The molecule has 1 N–H and O–H groups in total. The fourth-order valence-electron chi connectivity index (χ4n) is 2.01. The summed E-state index contributed by atoms with van der Waals surface area (Å²) in [6, 6.07) is 1.65. The van der Waals surface area contributed by atoms with E-state index >= 15 is 0 Å². The molecule has 0 aliphatic heterocycles. The first kappa shape index (κ1) is 18.2. The van der Waals surface area contributed by atoms with Crippen LogP contribution in [-0.4, -0.2) is 49.1 Å². The van der Waals surface area contributed by atoms with Gasteiger partial charge >= 0.3 is 0 Å². The second kappa shape index (κ2) is 7.98. The second-order valence-corrected chi connectivity index (χ2v) is 6.22. The van der Waals surface area contributed by atoms with Gasteiger partial charge in [-0.15, -0.1) is 0 Å². The second-order valence-electron chi connectivity index (χ2n) is 6.22. The number of nitrogens with one attached hydrogen (secondary N) is 1. The molecule has 2 amide bonds. The van der Waals surface area contributed by atoms with Crippen molar-refractivity contribution in [3.63, 3.8) is 0 Å². The average molecular weight is 310 g/mol. The molecule has 0 spiro atoms. The van der Waals surface area contributed by atoms with Crippen LogP contribution in [-0.2, 0) is 9.53 Å². The highest BCUT2D eigenvalue weighted by molar-refractivity contribution is 5.95. The molecule has 1 aromatic heterocycles. The summed E-state index contributed by atoms with van der Waals surface area (Å²) in [5.74, 6) is 0.352. The number of ether oxygens (including phenoxy) is 1. The first-order valence-electron chi connectivity index (χ1n) is 7.38. The highest BCUT2D eigenvalue weighted by Gasteiger charge is 2.21. The van der Waals surface area contributed by atoms with Crippen LogP contribution < -0.4 is 5.32 Å². The number of carbonyl (C=O) groups is 2. The molecule has 124 valence electrons. The molecule has 0 bridgehead atoms. The van der Waals surface area contributed by atoms with E-state index in [9.17, 15) is 9.59 Å². The molecule has 6 heteroatoms. The summed E-state index contributed by atoms with van der Waals surface area (Å²) in [5.41, 5.74) is 0.243. The van der Waals surface area contributed by atoms with Gasteiger partial charge in [-0.05, 0) is 33.8 Å². The van der Waals surface area contributed by atoms with Crippen LogP contribution in [0.2, 0.25) is 0 Å². The number of aryl methyl sites for hydroxylation is 1. The molecular weight excluding hydrogens is 284 g/mol. The summed E-state index contributed by atoms with van der Waals surface area (Å²) in [6.07, 6.45) is 1.74. The van der Waals surface area contributed by atoms with Crippen molar-refractivity contribution in [1.82, 2.24) is 10.2 Å². The predicted molar refractivity (Wildman–Crippen MR) is 83.7 cm³/mol. The lowest BCUT2D eigenvalue weighted by atomic mass is 10.1. The lowest BCUT2D eigenvalue weighted by molar-refractivity contribution is -0.122. The molecule has 6 nitrogen and oxygen atoms in total. The summed E-state index contributed by atoms with van der Waals surface area (Å²) >= 11 is 0. The number of hydrogen-bond acceptors (Lipinski definition) is 4. The van der Waals surface area contributed by atoms with Gasteiger partial charge in [-0.2, -0.15) is 0 Å². The number of carbonyl (C=O) groups excluding carboxylic acids is 2. The molecule has 0 unspecified atom stereocenters. The average Bonchev–Trinajstić information content (AvgIpc) is 2.82. The van der Waals surface area contributed by atoms with Crippen molar-refractivity contribution in [1.29, 1.82) is 0 Å². The summed E-state index contributed by atoms with van der Waals surface area (Å²) in [5, 5.41) is 2.89. The minimum Gasteiger partial charge on any atom is -0.469 e. The van der Waals surface area contributed by atoms with E-state index in [2.05, 4.69) is 5.32 Å². The van der Waals surface area contributed by atoms with Crippen LogP contribution >= 0.6 is 0 Å². The van der Waals surface area contributed by atoms with Gasteiger partial charge in [0, 0.05) is 32.2 Å². The van der Waals surface area contributed by atoms with Crippen LogP contribution in [0.1, 0.15) is 43.3 Å². The Morgan fingerprint density at radius 2 is 2.00 bits per heavy atom. The third kappa shape index (κ3) is 5.89. The van der Waals surface area contributed by atoms with Gasteiger partial charge in [0.1, 0.15) is 5.76 Å². The minimum atomic E-state index is -0.278. The first-order chi connectivity index (χ1) is 10.2. The normalized spacial score (nSPS) is 11.3. The van der Waals surface area contributed by atoms with Gasteiger partial charge in [0.2, 0.25) is 5.91 Å². The Kier molecular flexibility index (Phi) is 6.61. The maximum atomic E-state index is 12.5. The molecule has 1 heterocycles. The van der Waals surface area contributed by atoms with E-state index in [4.69, 9.17) is 9.15 Å². The van der Waals surface area contributed by atoms with Crippen molar-refractivity contribution in [3.05, 3.63) is 23.7 Å². The Morgan fingerprint density at radius 3 is 2.50 bits per heavy atom. The lowest BCUT2D eigenvalue weighted by Gasteiger charge is -2.24. The molecule has 1 rings (SSSR count). The Balaban J connectivity index is 2.67. The maximum absolute atomic E-state index is 12.5. The fraction of sp³-hybridized carbons (Fsp3) is 0.625. The predicted octanol–water partition coefficient (Wildman–Crippen LogP) is 1.98. The first-order valence-corrected chi connectivity index (χ1v) is 7.38. The van der Waals surface area contributed by atoms with Gasteiger partial charge in [0.05, 0.1) is 18.4 Å². The highest BCUT2D eigenvalue weighted by atomic mass is 16.5. The number of nitrogens with zero attached hydrogens (tertiary/aromatic N) is 1. The maximum Gasteiger partial charge on any atom is 0.257 e. The monoisotopic (exact) mass is 310 g/mol. The van der Waals surface area contributed by atoms with Crippen LogP contribution in [0.3, 0.4) is 0 Å². The van der Waals surface area contributed by atoms with Crippen molar-refractivity contribution >= 4 is 11.8 Å². The molecule has 0 aliphatic carbocycles. The van der Waals surface area contributed by atoms with Crippen LogP contribution in [0, 0.1) is 6.92 Å². The highest BCUT2D eigenvalue weighted by Crippen LogP contribution is 2.12. The Morgan fingerprint density at radius 1 is 1.32 bits per heavy atom. The Labute approximate surface area is 131 Å². The molecule has 1 aromatic rings. The summed E-state index contributed by atoms with van der Waals surface area (Å²) in [7, 11) is 1.58. The summed E-state index contributed by atoms with van der Waals surface area (Å²) in [6.45, 7) is 8.71. The van der Waals surface area contributed by atoms with Crippen molar-refractivity contribution in [2.24, 2.45) is 0 Å². The molecular formula is C16H26N2O4. The smallest absolute Gasteiger partial charge is 0.257 e. The van der Waals surface area contributed by atoms with Crippen LogP contribution in [0.5, 0.6) is 0 Å². The van der Waals surface area contributed by atoms with E-state index < -0.39 is 0 Å². The van der Waals surface area contributed by atoms with Crippen LogP contribution in [0.4, 0.5) is 0 Å². The van der Waals surface area contributed by atoms with Gasteiger partial charge < -0.3 is 19.4 Å². The van der Waals surface area contributed by atoms with E-state index in [1.807, 2.05) is 20.8 Å². The van der Waals surface area contributed by atoms with Gasteiger partial charge in [-0.1, -0.05) is 0 Å². The number of hydrogen-bond donors (Lipinski definition) is 1. The molecule has 0 atom stereocenters. The fourth-order valence-corrected chi connectivity index (χ4v) is 2.01. The molecule has 0 saturated carbocycles. The van der Waals surface area contributed by atoms with E-state index in [1.54, 1.807) is 25.0 Å². The molecule has 0 aromatic carbocycles. The van der Waals surface area contributed by atoms with E-state index in [-0.39, 0.29) is 23.8 Å². The SMILES string of the molecule is COCCN(CCC(=O)NC(C)(C)C)C(=O)c1ccoc1C. The van der Waals surface area contributed by atoms with E-state index in [0.717, 1.165) is 0 Å². The van der Waals surface area contributed by atoms with Crippen molar-refractivity contribution in [3.8, 4) is 0 Å². The van der Waals surface area contributed by atoms with Gasteiger partial charge in [0.15, 0.2) is 0 Å². The summed E-state index contributed by atoms with van der Waals surface area (Å²) < 4.78 is 10.2. The number of amides is 2. The molecule has 22 heavy (non-hydrogen) atoms. The topological polar surface area (TPSA) is 71.8 Å². The lowest BCUT2D eigenvalue weighted by Crippen LogP contribution is -2.43. The summed E-state index contributed by atoms with van der Waals surface area (Å²) in [4.78, 5) is 26.0. The molecule has 0 radical (unpaired) electrons. The quantitative estimate of drug-likeness (QED) is 0.836. The Bertz CT molecular complexity index is 502. The molecule has 0 aliphatic rings. The molecule has 0 fully saturated rings. The van der Waals surface area contributed by atoms with Crippen molar-refractivity contribution < 1.29 is 18.7 Å². The third-order valence-corrected chi connectivity index (χ3v) is 3.06. The van der Waals surface area contributed by atoms with Crippen LogP contribution in [0.25, 0.3) is 0 Å². The standard InChI is InChI=1S/C16H26N2O4/c1-12-13(7-10-22-12)15(20)18(9-11-21-5)8-6-14(19)17-16(2,3)4/h7,10H,6,8-9,11H2,1-5H3,(H,17,19). The van der Waals surface area contributed by atoms with Crippen molar-refractivity contribution in [2.75, 3.05) is 26.8 Å². The van der Waals surface area contributed by atoms with Gasteiger partial charge in [-0.3, -0.25) is 9.59 Å². The number of rotatable bonds is 7. The largest absolute Gasteiger partial charge is 0.469 e. The van der Waals surface area contributed by atoms with Crippen LogP contribution in [0.15, 0.2) is 16.7 Å². The zero-order valence-corrected chi connectivity index (χ0v) is 14.1. The van der Waals surface area contributed by atoms with Crippen molar-refractivity contribution in [2.45, 2.75) is 39.7 Å². The van der Waals surface area contributed by atoms with Gasteiger partial charge in [0.25, 0.3) is 5.91 Å². The third-order valence-electron chi connectivity index (χ3n) is 3.06. The minimum absolute atomic E-state index is 0.0772. The van der Waals surface area contributed by atoms with E-state index in [1.165, 1.54) is 6.26 Å². The number of furan rings is 1. The zero-order valence-electron chi connectivity index (χ0n) is 14.1. The van der Waals surface area contributed by atoms with Gasteiger partial charge in [-0.25, -0.2) is 0 Å². The molecule has 0 saturated heterocycles. The number of methoxy groups -OCH3 is 1.